The first kappa shape index (κ1) is 21.7. The average Bonchev–Trinajstić information content (AvgIpc) is 2.61. The van der Waals surface area contributed by atoms with Gasteiger partial charge in [0.1, 0.15) is 16.4 Å². The number of hydrogen-bond donors (Lipinski definition) is 3. The standard InChI is InChI=1S/C19H19ClF3NO4S/c20-16-8-3-12(19(21,22)23)9-18(16)29(27,28)24-13-4-1-11(2-5-13)15-7-6-14(25)10-17(15)26/h3,6-11,13,24-26H,1-2,4-5H2. The van der Waals surface area contributed by atoms with Crippen molar-refractivity contribution in [2.24, 2.45) is 0 Å². The Kier molecular flexibility index (Phi) is 6.03. The summed E-state index contributed by atoms with van der Waals surface area (Å²) in [6.45, 7) is 0. The highest BCUT2D eigenvalue weighted by atomic mass is 35.5. The Bertz CT molecular complexity index is 1000. The normalized spacial score (nSPS) is 20.6. The molecule has 29 heavy (non-hydrogen) atoms. The highest BCUT2D eigenvalue weighted by Crippen LogP contribution is 2.39. The number of hydrogen-bond acceptors (Lipinski definition) is 4. The van der Waals surface area contributed by atoms with Gasteiger partial charge in [0.05, 0.1) is 10.6 Å². The molecule has 1 aliphatic rings. The monoisotopic (exact) mass is 449 g/mol. The minimum Gasteiger partial charge on any atom is -0.508 e. The van der Waals surface area contributed by atoms with Crippen LogP contribution in [0.15, 0.2) is 41.3 Å². The minimum absolute atomic E-state index is 0.00602. The maximum atomic E-state index is 12.9. The summed E-state index contributed by atoms with van der Waals surface area (Å²) in [5, 5.41) is 19.1. The molecule has 158 valence electrons. The van der Waals surface area contributed by atoms with E-state index in [1.54, 1.807) is 6.07 Å². The van der Waals surface area contributed by atoms with Crippen molar-refractivity contribution in [2.45, 2.75) is 48.7 Å². The second-order valence-corrected chi connectivity index (χ2v) is 9.15. The van der Waals surface area contributed by atoms with Crippen molar-refractivity contribution in [1.82, 2.24) is 4.72 Å². The van der Waals surface area contributed by atoms with E-state index in [0.717, 1.165) is 12.1 Å². The van der Waals surface area contributed by atoms with Crippen LogP contribution >= 0.6 is 11.6 Å². The fourth-order valence-corrected chi connectivity index (χ4v) is 5.40. The molecule has 1 fully saturated rings. The molecule has 2 aromatic carbocycles. The molecule has 0 heterocycles. The molecule has 5 nitrogen and oxygen atoms in total. The lowest BCUT2D eigenvalue weighted by molar-refractivity contribution is -0.137. The summed E-state index contributed by atoms with van der Waals surface area (Å²) < 4.78 is 66.4. The molecule has 3 N–H and O–H groups in total. The fourth-order valence-electron chi connectivity index (χ4n) is 3.57. The van der Waals surface area contributed by atoms with Crippen molar-refractivity contribution in [2.75, 3.05) is 0 Å². The maximum absolute atomic E-state index is 12.9. The number of nitrogens with one attached hydrogen (secondary N) is 1. The summed E-state index contributed by atoms with van der Waals surface area (Å²) in [5.41, 5.74) is -0.418. The number of sulfonamides is 1. The fraction of sp³-hybridized carbons (Fsp3) is 0.368. The van der Waals surface area contributed by atoms with Gasteiger partial charge >= 0.3 is 6.18 Å². The van der Waals surface area contributed by atoms with Crippen molar-refractivity contribution in [3.63, 3.8) is 0 Å². The Morgan fingerprint density at radius 1 is 1.00 bits per heavy atom. The van der Waals surface area contributed by atoms with Crippen molar-refractivity contribution >= 4 is 21.6 Å². The Labute approximate surface area is 171 Å². The van der Waals surface area contributed by atoms with Crippen molar-refractivity contribution in [3.8, 4) is 11.5 Å². The third-order valence-corrected chi connectivity index (χ3v) is 7.05. The predicted octanol–water partition coefficient (Wildman–Crippen LogP) is 4.77. The van der Waals surface area contributed by atoms with Crippen LogP contribution < -0.4 is 4.72 Å². The third-order valence-electron chi connectivity index (χ3n) is 5.05. The van der Waals surface area contributed by atoms with Gasteiger partial charge < -0.3 is 10.2 Å². The lowest BCUT2D eigenvalue weighted by atomic mass is 9.81. The molecule has 10 heteroatoms. The summed E-state index contributed by atoms with van der Waals surface area (Å²) in [7, 11) is -4.23. The molecular weight excluding hydrogens is 431 g/mol. The number of phenols is 2. The largest absolute Gasteiger partial charge is 0.508 e. The zero-order chi connectivity index (χ0) is 21.4. The van der Waals surface area contributed by atoms with Crippen LogP contribution in [0.5, 0.6) is 11.5 Å². The number of phenolic OH excluding ortho intramolecular Hbond substituents is 2. The van der Waals surface area contributed by atoms with E-state index in [1.807, 2.05) is 0 Å². The molecule has 0 aromatic heterocycles. The lowest BCUT2D eigenvalue weighted by Gasteiger charge is -2.29. The maximum Gasteiger partial charge on any atom is 0.416 e. The summed E-state index contributed by atoms with van der Waals surface area (Å²) in [6, 6.07) is 6.08. The van der Waals surface area contributed by atoms with E-state index in [0.29, 0.717) is 37.3 Å². The first-order valence-corrected chi connectivity index (χ1v) is 10.7. The van der Waals surface area contributed by atoms with Gasteiger partial charge in [-0.3, -0.25) is 0 Å². The molecule has 0 aliphatic heterocycles. The van der Waals surface area contributed by atoms with Gasteiger partial charge in [-0.1, -0.05) is 17.7 Å². The van der Waals surface area contributed by atoms with Crippen LogP contribution in [0.3, 0.4) is 0 Å². The summed E-state index contributed by atoms with van der Waals surface area (Å²) in [5.74, 6) is -0.0797. The van der Waals surface area contributed by atoms with E-state index in [1.165, 1.54) is 12.1 Å². The van der Waals surface area contributed by atoms with Gasteiger partial charge in [0, 0.05) is 12.1 Å². The van der Waals surface area contributed by atoms with Crippen molar-refractivity contribution in [1.29, 1.82) is 0 Å². The van der Waals surface area contributed by atoms with Crippen LogP contribution in [-0.2, 0) is 16.2 Å². The molecule has 0 unspecified atom stereocenters. The van der Waals surface area contributed by atoms with Crippen LogP contribution in [0.4, 0.5) is 13.2 Å². The summed E-state index contributed by atoms with van der Waals surface area (Å²) in [4.78, 5) is -0.604. The molecule has 2 aromatic rings. The van der Waals surface area contributed by atoms with Crippen LogP contribution in [-0.4, -0.2) is 24.7 Å². The highest BCUT2D eigenvalue weighted by Gasteiger charge is 2.34. The lowest BCUT2D eigenvalue weighted by Crippen LogP contribution is -2.37. The first-order chi connectivity index (χ1) is 13.5. The minimum atomic E-state index is -4.68. The zero-order valence-corrected chi connectivity index (χ0v) is 16.7. The van der Waals surface area contributed by atoms with Gasteiger partial charge in [-0.15, -0.1) is 0 Å². The Hall–Kier alpha value is -1.97. The van der Waals surface area contributed by atoms with Gasteiger partial charge in [0.15, 0.2) is 0 Å². The third kappa shape index (κ3) is 4.96. The van der Waals surface area contributed by atoms with E-state index in [4.69, 9.17) is 11.6 Å². The summed E-state index contributed by atoms with van der Waals surface area (Å²) >= 11 is 5.85. The van der Waals surface area contributed by atoms with Gasteiger partial charge in [-0.2, -0.15) is 13.2 Å². The Morgan fingerprint density at radius 2 is 1.66 bits per heavy atom. The molecule has 1 saturated carbocycles. The predicted molar refractivity (Wildman–Crippen MR) is 102 cm³/mol. The summed E-state index contributed by atoms with van der Waals surface area (Å²) in [6.07, 6.45) is -2.65. The van der Waals surface area contributed by atoms with E-state index in [2.05, 4.69) is 4.72 Å². The number of rotatable bonds is 4. The highest BCUT2D eigenvalue weighted by molar-refractivity contribution is 7.89. The topological polar surface area (TPSA) is 86.6 Å². The van der Waals surface area contributed by atoms with Gasteiger partial charge in [-0.25, -0.2) is 13.1 Å². The molecule has 1 aliphatic carbocycles. The average molecular weight is 450 g/mol. The second kappa shape index (κ2) is 8.04. The van der Waals surface area contributed by atoms with Gasteiger partial charge in [0.2, 0.25) is 10.0 Å². The zero-order valence-electron chi connectivity index (χ0n) is 15.1. The molecule has 0 saturated heterocycles. The molecule has 0 spiro atoms. The smallest absolute Gasteiger partial charge is 0.416 e. The molecule has 0 atom stereocenters. The van der Waals surface area contributed by atoms with E-state index >= 15 is 0 Å². The van der Waals surface area contributed by atoms with Crippen LogP contribution in [0.2, 0.25) is 5.02 Å². The number of halogens is 4. The first-order valence-electron chi connectivity index (χ1n) is 8.88. The van der Waals surface area contributed by atoms with E-state index < -0.39 is 32.7 Å². The number of alkyl halides is 3. The van der Waals surface area contributed by atoms with Crippen LogP contribution in [0.25, 0.3) is 0 Å². The van der Waals surface area contributed by atoms with E-state index in [-0.39, 0.29) is 22.4 Å². The quantitative estimate of drug-likeness (QED) is 0.627. The Morgan fingerprint density at radius 3 is 2.24 bits per heavy atom. The number of benzene rings is 2. The van der Waals surface area contributed by atoms with Gasteiger partial charge in [0.25, 0.3) is 0 Å². The van der Waals surface area contributed by atoms with E-state index in [9.17, 15) is 31.8 Å². The SMILES string of the molecule is O=S(=O)(NC1CCC(c2ccc(O)cc2O)CC1)c1cc(C(F)(F)F)ccc1Cl. The molecule has 0 amide bonds. The van der Waals surface area contributed by atoms with Gasteiger partial charge in [-0.05, 0) is 61.4 Å². The van der Waals surface area contributed by atoms with Crippen molar-refractivity contribution in [3.05, 3.63) is 52.5 Å². The Balaban J connectivity index is 1.71. The van der Waals surface area contributed by atoms with Crippen LogP contribution in [0, 0.1) is 0 Å². The van der Waals surface area contributed by atoms with Crippen molar-refractivity contribution < 1.29 is 31.8 Å². The molecule has 0 bridgehead atoms. The second-order valence-electron chi connectivity index (χ2n) is 7.06. The molecule has 3 rings (SSSR count). The molecular formula is C19H19ClF3NO4S. The van der Waals surface area contributed by atoms with Crippen LogP contribution in [0.1, 0.15) is 42.7 Å². The molecule has 0 radical (unpaired) electrons. The number of aromatic hydroxyl groups is 2.